The molecule has 0 spiro atoms. The SMILES string of the molecule is CN1CCc2cccc(Nc3cc(Nc4cnn(C5CCCNC5)c4)ncc3Cl)c2C1=O. The first-order valence-corrected chi connectivity index (χ1v) is 11.3. The number of carbonyl (C=O) groups is 1. The van der Waals surface area contributed by atoms with Crippen LogP contribution in [-0.2, 0) is 6.42 Å². The van der Waals surface area contributed by atoms with Gasteiger partial charge in [-0.25, -0.2) is 4.98 Å². The summed E-state index contributed by atoms with van der Waals surface area (Å²) in [6.07, 6.45) is 8.53. The molecule has 166 valence electrons. The predicted molar refractivity (Wildman–Crippen MR) is 126 cm³/mol. The molecular weight excluding hydrogens is 426 g/mol. The van der Waals surface area contributed by atoms with E-state index < -0.39 is 0 Å². The van der Waals surface area contributed by atoms with Gasteiger partial charge in [0.05, 0.1) is 46.1 Å². The number of benzene rings is 1. The van der Waals surface area contributed by atoms with E-state index in [1.165, 1.54) is 0 Å². The molecular formula is C23H26ClN7O. The van der Waals surface area contributed by atoms with Gasteiger partial charge >= 0.3 is 0 Å². The average molecular weight is 452 g/mol. The largest absolute Gasteiger partial charge is 0.353 e. The number of rotatable bonds is 5. The Morgan fingerprint density at radius 2 is 2.12 bits per heavy atom. The minimum Gasteiger partial charge on any atom is -0.353 e. The lowest BCUT2D eigenvalue weighted by molar-refractivity contribution is 0.0782. The minimum atomic E-state index is 0.0162. The zero-order valence-corrected chi connectivity index (χ0v) is 18.7. The molecule has 0 bridgehead atoms. The molecule has 1 amide bonds. The lowest BCUT2D eigenvalue weighted by Gasteiger charge is -2.27. The molecule has 3 aromatic rings. The van der Waals surface area contributed by atoms with Gasteiger partial charge < -0.3 is 20.9 Å². The maximum atomic E-state index is 12.8. The monoisotopic (exact) mass is 451 g/mol. The Balaban J connectivity index is 1.37. The smallest absolute Gasteiger partial charge is 0.255 e. The van der Waals surface area contributed by atoms with Gasteiger partial charge in [0, 0.05) is 32.4 Å². The first kappa shape index (κ1) is 20.8. The van der Waals surface area contributed by atoms with E-state index in [0.717, 1.165) is 55.8 Å². The molecule has 1 unspecified atom stereocenters. The molecule has 32 heavy (non-hydrogen) atoms. The maximum absolute atomic E-state index is 12.8. The number of nitrogens with zero attached hydrogens (tertiary/aromatic N) is 4. The van der Waals surface area contributed by atoms with Crippen molar-refractivity contribution >= 4 is 40.4 Å². The first-order chi connectivity index (χ1) is 15.6. The molecule has 5 rings (SSSR count). The van der Waals surface area contributed by atoms with Crippen molar-refractivity contribution in [3.05, 3.63) is 59.0 Å². The van der Waals surface area contributed by atoms with E-state index in [0.29, 0.717) is 28.1 Å². The van der Waals surface area contributed by atoms with Crippen molar-refractivity contribution in [2.24, 2.45) is 0 Å². The summed E-state index contributed by atoms with van der Waals surface area (Å²) in [5, 5.41) is 15.1. The lowest BCUT2D eigenvalue weighted by Crippen LogP contribution is -2.34. The third-order valence-electron chi connectivity index (χ3n) is 6.07. The molecule has 2 aliphatic heterocycles. The summed E-state index contributed by atoms with van der Waals surface area (Å²) in [5.41, 5.74) is 4.04. The number of aromatic nitrogens is 3. The van der Waals surface area contributed by atoms with Crippen LogP contribution < -0.4 is 16.0 Å². The number of amides is 1. The molecule has 4 heterocycles. The summed E-state index contributed by atoms with van der Waals surface area (Å²) in [6, 6.07) is 8.09. The number of hydrogen-bond acceptors (Lipinski definition) is 6. The fourth-order valence-corrected chi connectivity index (χ4v) is 4.45. The highest BCUT2D eigenvalue weighted by atomic mass is 35.5. The number of hydrogen-bond donors (Lipinski definition) is 3. The molecule has 0 saturated carbocycles. The summed E-state index contributed by atoms with van der Waals surface area (Å²) in [6.45, 7) is 2.73. The van der Waals surface area contributed by atoms with Gasteiger partial charge in [0.15, 0.2) is 0 Å². The number of nitrogens with one attached hydrogen (secondary N) is 3. The number of likely N-dealkylation sites (N-methyl/N-ethyl adjacent to an activating group) is 1. The summed E-state index contributed by atoms with van der Waals surface area (Å²) in [7, 11) is 1.83. The number of halogens is 1. The van der Waals surface area contributed by atoms with E-state index in [1.54, 1.807) is 17.3 Å². The van der Waals surface area contributed by atoms with Crippen molar-refractivity contribution in [1.29, 1.82) is 0 Å². The van der Waals surface area contributed by atoms with Crippen molar-refractivity contribution in [1.82, 2.24) is 25.0 Å². The fourth-order valence-electron chi connectivity index (χ4n) is 4.30. The third kappa shape index (κ3) is 4.16. The second kappa shape index (κ2) is 8.80. The van der Waals surface area contributed by atoms with Gasteiger partial charge in [-0.3, -0.25) is 9.48 Å². The van der Waals surface area contributed by atoms with Gasteiger partial charge in [-0.05, 0) is 37.4 Å². The van der Waals surface area contributed by atoms with Gasteiger partial charge in [0.25, 0.3) is 5.91 Å². The van der Waals surface area contributed by atoms with Crippen LogP contribution in [-0.4, -0.2) is 52.3 Å². The number of fused-ring (bicyclic) bond motifs is 1. The van der Waals surface area contributed by atoms with Crippen LogP contribution in [0.4, 0.5) is 22.9 Å². The summed E-state index contributed by atoms with van der Waals surface area (Å²) >= 11 is 6.43. The van der Waals surface area contributed by atoms with Crippen molar-refractivity contribution in [3.8, 4) is 0 Å². The van der Waals surface area contributed by atoms with Crippen LogP contribution in [0.2, 0.25) is 5.02 Å². The Morgan fingerprint density at radius 3 is 2.97 bits per heavy atom. The third-order valence-corrected chi connectivity index (χ3v) is 6.37. The van der Waals surface area contributed by atoms with Gasteiger partial charge in [-0.2, -0.15) is 5.10 Å². The van der Waals surface area contributed by atoms with Gasteiger partial charge in [-0.15, -0.1) is 0 Å². The Kier molecular flexibility index (Phi) is 5.71. The molecule has 1 saturated heterocycles. The standard InChI is InChI=1S/C23H26ClN7O/c1-30-9-7-15-4-2-6-19(22(15)23(30)32)29-20-10-21(26-13-18(20)24)28-16-11-27-31(14-16)17-5-3-8-25-12-17/h2,4,6,10-11,13-14,17,25H,3,5,7-9,12H2,1H3,(H2,26,28,29). The fraction of sp³-hybridized carbons (Fsp3) is 0.348. The quantitative estimate of drug-likeness (QED) is 0.544. The van der Waals surface area contributed by atoms with Crippen LogP contribution in [0, 0.1) is 0 Å². The summed E-state index contributed by atoms with van der Waals surface area (Å²) in [4.78, 5) is 18.9. The van der Waals surface area contributed by atoms with E-state index in [1.807, 2.05) is 42.2 Å². The Bertz CT molecular complexity index is 1140. The number of pyridine rings is 1. The maximum Gasteiger partial charge on any atom is 0.255 e. The highest BCUT2D eigenvalue weighted by Crippen LogP contribution is 2.32. The molecule has 2 aliphatic rings. The number of anilines is 4. The van der Waals surface area contributed by atoms with Gasteiger partial charge in [0.1, 0.15) is 5.82 Å². The molecule has 8 nitrogen and oxygen atoms in total. The topological polar surface area (TPSA) is 87.1 Å². The van der Waals surface area contributed by atoms with Crippen LogP contribution in [0.5, 0.6) is 0 Å². The Morgan fingerprint density at radius 1 is 1.22 bits per heavy atom. The number of piperidine rings is 1. The zero-order valence-electron chi connectivity index (χ0n) is 17.9. The number of carbonyl (C=O) groups excluding carboxylic acids is 1. The van der Waals surface area contributed by atoms with E-state index in [4.69, 9.17) is 11.6 Å². The molecule has 1 fully saturated rings. The van der Waals surface area contributed by atoms with Crippen LogP contribution in [0.15, 0.2) is 42.9 Å². The van der Waals surface area contributed by atoms with Crippen LogP contribution in [0.1, 0.15) is 34.8 Å². The molecule has 2 aromatic heterocycles. The normalized spacial score (nSPS) is 18.4. The van der Waals surface area contributed by atoms with Gasteiger partial charge in [0.2, 0.25) is 0 Å². The van der Waals surface area contributed by atoms with Gasteiger partial charge in [-0.1, -0.05) is 23.7 Å². The highest BCUT2D eigenvalue weighted by Gasteiger charge is 2.25. The summed E-state index contributed by atoms with van der Waals surface area (Å²) in [5.74, 6) is 0.661. The summed E-state index contributed by atoms with van der Waals surface area (Å²) < 4.78 is 2.00. The van der Waals surface area contributed by atoms with Crippen LogP contribution in [0.25, 0.3) is 0 Å². The second-order valence-corrected chi connectivity index (χ2v) is 8.73. The molecule has 3 N–H and O–H groups in total. The van der Waals surface area contributed by atoms with Crippen molar-refractivity contribution < 1.29 is 4.79 Å². The minimum absolute atomic E-state index is 0.0162. The Labute approximate surface area is 192 Å². The molecule has 0 aliphatic carbocycles. The molecule has 9 heteroatoms. The second-order valence-electron chi connectivity index (χ2n) is 8.32. The van der Waals surface area contributed by atoms with E-state index in [-0.39, 0.29) is 5.91 Å². The zero-order chi connectivity index (χ0) is 22.1. The molecule has 1 atom stereocenters. The molecule has 1 aromatic carbocycles. The van der Waals surface area contributed by atoms with Crippen molar-refractivity contribution in [3.63, 3.8) is 0 Å². The Hall–Kier alpha value is -3.10. The van der Waals surface area contributed by atoms with Crippen LogP contribution in [0.3, 0.4) is 0 Å². The lowest BCUT2D eigenvalue weighted by atomic mass is 9.97. The highest BCUT2D eigenvalue weighted by molar-refractivity contribution is 6.33. The van der Waals surface area contributed by atoms with E-state index >= 15 is 0 Å². The van der Waals surface area contributed by atoms with Crippen LogP contribution >= 0.6 is 11.6 Å². The predicted octanol–water partition coefficient (Wildman–Crippen LogP) is 3.97. The van der Waals surface area contributed by atoms with Crippen molar-refractivity contribution in [2.45, 2.75) is 25.3 Å². The van der Waals surface area contributed by atoms with E-state index in [9.17, 15) is 4.79 Å². The van der Waals surface area contributed by atoms with E-state index in [2.05, 4.69) is 26.0 Å². The first-order valence-electron chi connectivity index (χ1n) is 10.9. The molecule has 0 radical (unpaired) electrons. The average Bonchev–Trinajstić information content (AvgIpc) is 3.28. The van der Waals surface area contributed by atoms with Crippen molar-refractivity contribution in [2.75, 3.05) is 37.3 Å².